The Morgan fingerprint density at radius 3 is 1.58 bits per heavy atom. The third kappa shape index (κ3) is 2.93. The van der Waals surface area contributed by atoms with Gasteiger partial charge >= 0.3 is 0 Å². The van der Waals surface area contributed by atoms with Crippen LogP contribution in [-0.2, 0) is 10.3 Å². The first-order valence-corrected chi connectivity index (χ1v) is 7.73. The van der Waals surface area contributed by atoms with Gasteiger partial charge in [0.1, 0.15) is 17.2 Å². The summed E-state index contributed by atoms with van der Waals surface area (Å²) in [7, 11) is 0. The van der Waals surface area contributed by atoms with Crippen molar-refractivity contribution in [1.29, 1.82) is 0 Å². The second kappa shape index (κ2) is 6.89. The third-order valence-corrected chi connectivity index (χ3v) is 3.95. The highest BCUT2D eigenvalue weighted by atomic mass is 19.1. The van der Waals surface area contributed by atoms with Gasteiger partial charge in [0.15, 0.2) is 0 Å². The lowest BCUT2D eigenvalue weighted by molar-refractivity contribution is 0.0214. The predicted octanol–water partition coefficient (Wildman–Crippen LogP) is 4.69. The number of rotatable bonds is 5. The van der Waals surface area contributed by atoms with Gasteiger partial charge in [-0.1, -0.05) is 24.3 Å². The van der Waals surface area contributed by atoms with E-state index in [2.05, 4.69) is 4.98 Å². The topological polar surface area (TPSA) is 22.1 Å². The molecule has 3 aromatic rings. The molecule has 24 heavy (non-hydrogen) atoms. The molecule has 0 atom stereocenters. The van der Waals surface area contributed by atoms with E-state index in [4.69, 9.17) is 4.74 Å². The van der Waals surface area contributed by atoms with E-state index in [-0.39, 0.29) is 11.6 Å². The lowest BCUT2D eigenvalue weighted by Gasteiger charge is -2.35. The Labute approximate surface area is 139 Å². The van der Waals surface area contributed by atoms with Crippen LogP contribution in [0.5, 0.6) is 0 Å². The molecule has 0 radical (unpaired) electrons. The summed E-state index contributed by atoms with van der Waals surface area (Å²) >= 11 is 0. The standard InChI is InChI=1S/C20H17F2NO/c1-2-24-20(17-11-13-23-14-12-17,15-3-7-18(21)8-4-15)16-5-9-19(22)10-6-16/h3-14H,2H2,1H3. The molecule has 2 aromatic carbocycles. The molecule has 0 saturated carbocycles. The van der Waals surface area contributed by atoms with Crippen molar-refractivity contribution in [3.05, 3.63) is 101 Å². The second-order valence-corrected chi connectivity index (χ2v) is 5.36. The molecule has 0 bridgehead atoms. The second-order valence-electron chi connectivity index (χ2n) is 5.36. The maximum Gasteiger partial charge on any atom is 0.143 e. The number of benzene rings is 2. The van der Waals surface area contributed by atoms with E-state index in [9.17, 15) is 8.78 Å². The minimum Gasteiger partial charge on any atom is -0.361 e. The van der Waals surface area contributed by atoms with Crippen molar-refractivity contribution >= 4 is 0 Å². The quantitative estimate of drug-likeness (QED) is 0.679. The Balaban J connectivity index is 2.28. The molecule has 0 fully saturated rings. The molecular formula is C20H17F2NO. The van der Waals surface area contributed by atoms with Gasteiger partial charge in [-0.05, 0) is 60.0 Å². The minimum atomic E-state index is -0.959. The van der Waals surface area contributed by atoms with Crippen LogP contribution in [0.4, 0.5) is 8.78 Å². The van der Waals surface area contributed by atoms with Crippen LogP contribution in [0.2, 0.25) is 0 Å². The molecular weight excluding hydrogens is 308 g/mol. The highest BCUT2D eigenvalue weighted by Gasteiger charge is 2.37. The van der Waals surface area contributed by atoms with Crippen molar-refractivity contribution in [2.24, 2.45) is 0 Å². The van der Waals surface area contributed by atoms with Gasteiger partial charge in [-0.15, -0.1) is 0 Å². The van der Waals surface area contributed by atoms with Crippen LogP contribution in [0.3, 0.4) is 0 Å². The highest BCUT2D eigenvalue weighted by Crippen LogP contribution is 2.40. The number of nitrogens with zero attached hydrogens (tertiary/aromatic N) is 1. The zero-order valence-corrected chi connectivity index (χ0v) is 13.2. The molecule has 0 spiro atoms. The summed E-state index contributed by atoms with van der Waals surface area (Å²) in [6.45, 7) is 2.32. The van der Waals surface area contributed by atoms with Crippen molar-refractivity contribution in [2.45, 2.75) is 12.5 Å². The summed E-state index contributed by atoms with van der Waals surface area (Å²) in [6, 6.07) is 16.0. The van der Waals surface area contributed by atoms with Crippen molar-refractivity contribution in [1.82, 2.24) is 4.98 Å². The van der Waals surface area contributed by atoms with Crippen molar-refractivity contribution < 1.29 is 13.5 Å². The van der Waals surface area contributed by atoms with Crippen LogP contribution in [0, 0.1) is 11.6 Å². The predicted molar refractivity (Wildman–Crippen MR) is 88.5 cm³/mol. The van der Waals surface area contributed by atoms with E-state index in [1.54, 1.807) is 36.7 Å². The van der Waals surface area contributed by atoms with E-state index in [1.807, 2.05) is 19.1 Å². The SMILES string of the molecule is CCOC(c1ccncc1)(c1ccc(F)cc1)c1ccc(F)cc1. The molecule has 3 rings (SSSR count). The zero-order valence-electron chi connectivity index (χ0n) is 13.2. The van der Waals surface area contributed by atoms with E-state index in [0.29, 0.717) is 6.61 Å². The zero-order chi connectivity index (χ0) is 17.0. The van der Waals surface area contributed by atoms with E-state index in [0.717, 1.165) is 16.7 Å². The van der Waals surface area contributed by atoms with Crippen LogP contribution in [0.1, 0.15) is 23.6 Å². The lowest BCUT2D eigenvalue weighted by Crippen LogP contribution is -2.33. The summed E-state index contributed by atoms with van der Waals surface area (Å²) in [6.07, 6.45) is 3.35. The Bertz CT molecular complexity index is 741. The van der Waals surface area contributed by atoms with E-state index in [1.165, 1.54) is 24.3 Å². The van der Waals surface area contributed by atoms with Crippen LogP contribution in [-0.4, -0.2) is 11.6 Å². The first-order valence-electron chi connectivity index (χ1n) is 7.73. The molecule has 0 saturated heterocycles. The molecule has 4 heteroatoms. The molecule has 0 aliphatic rings. The molecule has 0 aliphatic heterocycles. The molecule has 1 aromatic heterocycles. The van der Waals surface area contributed by atoms with Gasteiger partial charge in [-0.25, -0.2) is 8.78 Å². The highest BCUT2D eigenvalue weighted by molar-refractivity contribution is 5.47. The van der Waals surface area contributed by atoms with Crippen molar-refractivity contribution in [2.75, 3.05) is 6.61 Å². The molecule has 0 amide bonds. The van der Waals surface area contributed by atoms with Gasteiger partial charge < -0.3 is 4.74 Å². The molecule has 0 N–H and O–H groups in total. The van der Waals surface area contributed by atoms with Crippen LogP contribution >= 0.6 is 0 Å². The van der Waals surface area contributed by atoms with Gasteiger partial charge in [0.05, 0.1) is 0 Å². The van der Waals surface area contributed by atoms with Crippen LogP contribution in [0.25, 0.3) is 0 Å². The van der Waals surface area contributed by atoms with Gasteiger partial charge in [0.2, 0.25) is 0 Å². The fourth-order valence-corrected chi connectivity index (χ4v) is 2.92. The normalized spacial score (nSPS) is 11.5. The van der Waals surface area contributed by atoms with Gasteiger partial charge in [0.25, 0.3) is 0 Å². The summed E-state index contributed by atoms with van der Waals surface area (Å²) in [5, 5.41) is 0. The number of hydrogen-bond acceptors (Lipinski definition) is 2. The summed E-state index contributed by atoms with van der Waals surface area (Å²) in [5.41, 5.74) is 1.42. The van der Waals surface area contributed by atoms with Gasteiger partial charge in [-0.2, -0.15) is 0 Å². The Kier molecular flexibility index (Phi) is 4.67. The van der Waals surface area contributed by atoms with Gasteiger partial charge in [0, 0.05) is 19.0 Å². The van der Waals surface area contributed by atoms with E-state index < -0.39 is 5.60 Å². The first-order chi connectivity index (χ1) is 11.7. The number of ether oxygens (including phenoxy) is 1. The average Bonchev–Trinajstić information content (AvgIpc) is 2.62. The maximum absolute atomic E-state index is 13.4. The Morgan fingerprint density at radius 1 is 0.750 bits per heavy atom. The summed E-state index contributed by atoms with van der Waals surface area (Å²) in [4.78, 5) is 4.06. The molecule has 0 unspecified atom stereocenters. The third-order valence-electron chi connectivity index (χ3n) is 3.95. The monoisotopic (exact) mass is 325 g/mol. The Morgan fingerprint density at radius 2 is 1.17 bits per heavy atom. The maximum atomic E-state index is 13.4. The van der Waals surface area contributed by atoms with Gasteiger partial charge in [-0.3, -0.25) is 4.98 Å². The minimum absolute atomic E-state index is 0.321. The first kappa shape index (κ1) is 16.3. The number of halogens is 2. The number of hydrogen-bond donors (Lipinski definition) is 0. The summed E-state index contributed by atoms with van der Waals surface area (Å²) in [5.74, 6) is -0.643. The van der Waals surface area contributed by atoms with Crippen molar-refractivity contribution in [3.63, 3.8) is 0 Å². The van der Waals surface area contributed by atoms with Crippen molar-refractivity contribution in [3.8, 4) is 0 Å². The molecule has 2 nitrogen and oxygen atoms in total. The van der Waals surface area contributed by atoms with E-state index >= 15 is 0 Å². The average molecular weight is 325 g/mol. The largest absolute Gasteiger partial charge is 0.361 e. The summed E-state index contributed by atoms with van der Waals surface area (Å²) < 4.78 is 33.0. The van der Waals surface area contributed by atoms with Crippen LogP contribution in [0.15, 0.2) is 73.1 Å². The van der Waals surface area contributed by atoms with Crippen LogP contribution < -0.4 is 0 Å². The molecule has 0 aliphatic carbocycles. The fraction of sp³-hybridized carbons (Fsp3) is 0.150. The fourth-order valence-electron chi connectivity index (χ4n) is 2.92. The Hall–Kier alpha value is -2.59. The number of aromatic nitrogens is 1. The number of pyridine rings is 1. The smallest absolute Gasteiger partial charge is 0.143 e. The lowest BCUT2D eigenvalue weighted by atomic mass is 9.80. The molecule has 1 heterocycles. The molecule has 122 valence electrons.